The molecular weight excluding hydrogens is 376 g/mol. The van der Waals surface area contributed by atoms with E-state index in [0.717, 1.165) is 41.8 Å². The molecule has 3 aromatic rings. The monoisotopic (exact) mass is 409 g/mol. The standard InChI is InChI=1S/C23H32N6O/c1-14-8-7-9-28(13-14)20(21-25-26-27-29(21)23(4,5)6)18-12-17-10-15(2)16(3)11-19(17)24-22(18)30/h10-12,14,20H,7-9,13H2,1-6H3,(H,24,30)/p+1/t14-,20-/m0/s1. The van der Waals surface area contributed by atoms with Gasteiger partial charge in [-0.05, 0) is 92.6 Å². The van der Waals surface area contributed by atoms with Gasteiger partial charge in [0.2, 0.25) is 5.82 Å². The molecule has 160 valence electrons. The van der Waals surface area contributed by atoms with Gasteiger partial charge in [0.15, 0.2) is 6.04 Å². The highest BCUT2D eigenvalue weighted by Gasteiger charge is 2.38. The average molecular weight is 410 g/mol. The maximum atomic E-state index is 13.3. The van der Waals surface area contributed by atoms with Crippen LogP contribution < -0.4 is 10.5 Å². The van der Waals surface area contributed by atoms with Crippen molar-refractivity contribution in [3.63, 3.8) is 0 Å². The van der Waals surface area contributed by atoms with E-state index < -0.39 is 0 Å². The van der Waals surface area contributed by atoms with Crippen LogP contribution in [0.3, 0.4) is 0 Å². The topological polar surface area (TPSA) is 80.9 Å². The molecule has 0 saturated carbocycles. The van der Waals surface area contributed by atoms with Gasteiger partial charge < -0.3 is 9.88 Å². The Morgan fingerprint density at radius 1 is 1.20 bits per heavy atom. The van der Waals surface area contributed by atoms with Crippen LogP contribution in [-0.4, -0.2) is 38.3 Å². The summed E-state index contributed by atoms with van der Waals surface area (Å²) >= 11 is 0. The summed E-state index contributed by atoms with van der Waals surface area (Å²) < 4.78 is 1.88. The number of hydrogen-bond donors (Lipinski definition) is 2. The lowest BCUT2D eigenvalue weighted by Gasteiger charge is -2.34. The number of H-pyrrole nitrogens is 1. The zero-order chi connectivity index (χ0) is 21.6. The zero-order valence-electron chi connectivity index (χ0n) is 18.9. The van der Waals surface area contributed by atoms with Gasteiger partial charge in [-0.25, -0.2) is 4.68 Å². The Kier molecular flexibility index (Phi) is 5.26. The van der Waals surface area contributed by atoms with Crippen LogP contribution in [0.4, 0.5) is 0 Å². The molecule has 1 aliphatic rings. The predicted molar refractivity (Wildman–Crippen MR) is 118 cm³/mol. The average Bonchev–Trinajstić information content (AvgIpc) is 3.14. The van der Waals surface area contributed by atoms with Crippen molar-refractivity contribution in [2.24, 2.45) is 5.92 Å². The summed E-state index contributed by atoms with van der Waals surface area (Å²) in [7, 11) is 0. The van der Waals surface area contributed by atoms with Crippen LogP contribution in [-0.2, 0) is 5.54 Å². The molecule has 2 N–H and O–H groups in total. The molecule has 0 spiro atoms. The van der Waals surface area contributed by atoms with E-state index in [1.165, 1.54) is 22.4 Å². The molecule has 0 radical (unpaired) electrons. The van der Waals surface area contributed by atoms with Gasteiger partial charge in [-0.3, -0.25) is 4.79 Å². The molecule has 1 fully saturated rings. The van der Waals surface area contributed by atoms with E-state index in [1.807, 2.05) is 4.68 Å². The molecule has 3 heterocycles. The third-order valence-corrected chi connectivity index (χ3v) is 6.40. The highest BCUT2D eigenvalue weighted by atomic mass is 16.1. The molecule has 3 atom stereocenters. The molecular formula is C23H33N6O+. The summed E-state index contributed by atoms with van der Waals surface area (Å²) in [5.74, 6) is 1.37. The molecule has 7 nitrogen and oxygen atoms in total. The number of benzene rings is 1. The second-order valence-corrected chi connectivity index (χ2v) is 9.99. The van der Waals surface area contributed by atoms with E-state index in [1.54, 1.807) is 0 Å². The first-order valence-corrected chi connectivity index (χ1v) is 10.9. The molecule has 1 unspecified atom stereocenters. The smallest absolute Gasteiger partial charge is 0.258 e. The van der Waals surface area contributed by atoms with E-state index in [9.17, 15) is 4.79 Å². The fourth-order valence-electron chi connectivity index (χ4n) is 4.69. The summed E-state index contributed by atoms with van der Waals surface area (Å²) in [5.41, 5.74) is 3.70. The third kappa shape index (κ3) is 3.78. The van der Waals surface area contributed by atoms with Crippen molar-refractivity contribution < 1.29 is 4.90 Å². The minimum atomic E-state index is -0.269. The number of aryl methyl sites for hydroxylation is 2. The summed E-state index contributed by atoms with van der Waals surface area (Å²) in [6.45, 7) is 14.8. The third-order valence-electron chi connectivity index (χ3n) is 6.40. The second-order valence-electron chi connectivity index (χ2n) is 9.99. The Labute approximate surface area is 177 Å². The molecule has 2 aromatic heterocycles. The Morgan fingerprint density at radius 3 is 2.63 bits per heavy atom. The summed E-state index contributed by atoms with van der Waals surface area (Å²) in [5, 5.41) is 13.8. The zero-order valence-corrected chi connectivity index (χ0v) is 18.9. The maximum Gasteiger partial charge on any atom is 0.258 e. The summed E-state index contributed by atoms with van der Waals surface area (Å²) in [6, 6.07) is 6.07. The number of likely N-dealkylation sites (tertiary alicyclic amines) is 1. The summed E-state index contributed by atoms with van der Waals surface area (Å²) in [6.07, 6.45) is 2.38. The van der Waals surface area contributed by atoms with Gasteiger partial charge in [-0.2, -0.15) is 0 Å². The molecule has 0 bridgehead atoms. The van der Waals surface area contributed by atoms with Gasteiger partial charge in [0.1, 0.15) is 0 Å². The summed E-state index contributed by atoms with van der Waals surface area (Å²) in [4.78, 5) is 17.8. The van der Waals surface area contributed by atoms with Crippen LogP contribution in [0.5, 0.6) is 0 Å². The van der Waals surface area contributed by atoms with Gasteiger partial charge in [-0.1, -0.05) is 6.92 Å². The molecule has 1 aliphatic heterocycles. The molecule has 1 aromatic carbocycles. The Bertz CT molecular complexity index is 1120. The van der Waals surface area contributed by atoms with E-state index in [2.05, 4.69) is 80.3 Å². The number of hydrogen-bond acceptors (Lipinski definition) is 4. The van der Waals surface area contributed by atoms with Crippen molar-refractivity contribution in [1.29, 1.82) is 0 Å². The molecule has 1 saturated heterocycles. The van der Waals surface area contributed by atoms with E-state index in [0.29, 0.717) is 5.92 Å². The van der Waals surface area contributed by atoms with Crippen LogP contribution in [0.2, 0.25) is 0 Å². The predicted octanol–water partition coefficient (Wildman–Crippen LogP) is 2.29. The molecule has 7 heteroatoms. The van der Waals surface area contributed by atoms with Crippen LogP contribution in [0.25, 0.3) is 10.9 Å². The SMILES string of the molecule is Cc1cc2cc([C@@H](c3nnnn3C(C)(C)C)[NH+]3CCC[C@H](C)C3)c(=O)[nH]c2cc1C. The first-order chi connectivity index (χ1) is 14.1. The highest BCUT2D eigenvalue weighted by Crippen LogP contribution is 2.24. The number of nitrogens with zero attached hydrogens (tertiary/aromatic N) is 4. The van der Waals surface area contributed by atoms with E-state index in [4.69, 9.17) is 0 Å². The molecule has 0 aliphatic carbocycles. The minimum absolute atomic E-state index is 0.0510. The second kappa shape index (κ2) is 7.61. The Morgan fingerprint density at radius 2 is 1.93 bits per heavy atom. The van der Waals surface area contributed by atoms with Gasteiger partial charge in [-0.15, -0.1) is 5.10 Å². The van der Waals surface area contributed by atoms with E-state index in [-0.39, 0.29) is 17.1 Å². The number of pyridine rings is 1. The van der Waals surface area contributed by atoms with Crippen LogP contribution >= 0.6 is 0 Å². The molecule has 30 heavy (non-hydrogen) atoms. The number of aromatic amines is 1. The van der Waals surface area contributed by atoms with Gasteiger partial charge >= 0.3 is 0 Å². The van der Waals surface area contributed by atoms with Crippen molar-refractivity contribution in [2.75, 3.05) is 13.1 Å². The molecule has 0 amide bonds. The number of tetrazole rings is 1. The Balaban J connectivity index is 1.92. The number of fused-ring (bicyclic) bond motifs is 1. The highest BCUT2D eigenvalue weighted by molar-refractivity contribution is 5.80. The van der Waals surface area contributed by atoms with Crippen molar-refractivity contribution in [3.05, 3.63) is 51.1 Å². The van der Waals surface area contributed by atoms with Crippen LogP contribution in [0.1, 0.15) is 69.1 Å². The Hall–Kier alpha value is -2.54. The lowest BCUT2D eigenvalue weighted by molar-refractivity contribution is -0.934. The van der Waals surface area contributed by atoms with Gasteiger partial charge in [0, 0.05) is 11.4 Å². The lowest BCUT2D eigenvalue weighted by atomic mass is 9.95. The van der Waals surface area contributed by atoms with Crippen molar-refractivity contribution in [1.82, 2.24) is 25.2 Å². The number of quaternary nitrogens is 1. The number of rotatable bonds is 3. The number of piperidine rings is 1. The number of aromatic nitrogens is 5. The first kappa shape index (κ1) is 20.7. The molecule has 4 rings (SSSR count). The normalized spacial score (nSPS) is 21.1. The largest absolute Gasteiger partial charge is 0.322 e. The number of nitrogens with one attached hydrogen (secondary N) is 2. The fourth-order valence-corrected chi connectivity index (χ4v) is 4.69. The van der Waals surface area contributed by atoms with Crippen molar-refractivity contribution in [3.8, 4) is 0 Å². The van der Waals surface area contributed by atoms with Crippen molar-refractivity contribution >= 4 is 10.9 Å². The van der Waals surface area contributed by atoms with Crippen molar-refractivity contribution in [2.45, 2.75) is 66.0 Å². The van der Waals surface area contributed by atoms with Gasteiger partial charge in [0.05, 0.1) is 24.2 Å². The van der Waals surface area contributed by atoms with Crippen LogP contribution in [0.15, 0.2) is 23.0 Å². The van der Waals surface area contributed by atoms with E-state index >= 15 is 0 Å². The first-order valence-electron chi connectivity index (χ1n) is 10.9. The van der Waals surface area contributed by atoms with Gasteiger partial charge in [0.25, 0.3) is 5.56 Å². The fraction of sp³-hybridized carbons (Fsp3) is 0.565. The lowest BCUT2D eigenvalue weighted by Crippen LogP contribution is -3.14. The van der Waals surface area contributed by atoms with Crippen LogP contribution in [0, 0.1) is 19.8 Å². The quantitative estimate of drug-likeness (QED) is 0.696. The minimum Gasteiger partial charge on any atom is -0.322 e. The maximum absolute atomic E-state index is 13.3.